The predicted molar refractivity (Wildman–Crippen MR) is 67.1 cm³/mol. The van der Waals surface area contributed by atoms with Crippen LogP contribution in [0, 0.1) is 0 Å². The summed E-state index contributed by atoms with van der Waals surface area (Å²) in [5, 5.41) is 13.3. The van der Waals surface area contributed by atoms with Crippen molar-refractivity contribution in [2.45, 2.75) is 40.0 Å². The van der Waals surface area contributed by atoms with E-state index in [1.807, 2.05) is 6.92 Å². The molecule has 3 amide bonds. The minimum atomic E-state index is -1.17. The number of rotatable bonds is 6. The number of hydrogen-bond acceptors (Lipinski definition) is 3. The molecule has 0 rings (SSSR count). The Balaban J connectivity index is 4.20. The van der Waals surface area contributed by atoms with E-state index in [1.165, 1.54) is 13.8 Å². The number of imide groups is 1. The van der Waals surface area contributed by atoms with Crippen LogP contribution in [-0.4, -0.2) is 29.6 Å². The fraction of sp³-hybridized carbons (Fsp3) is 0.583. The molecule has 0 bridgehead atoms. The molecule has 0 spiro atoms. The third kappa shape index (κ3) is 6.03. The molecule has 0 aromatic carbocycles. The van der Waals surface area contributed by atoms with Crippen LogP contribution in [-0.2, 0) is 9.59 Å². The number of carbonyl (C=O) groups excluding carboxylic acids is 2. The maximum Gasteiger partial charge on any atom is 0.331 e. The number of carboxylic acids is 1. The molecule has 0 fully saturated rings. The van der Waals surface area contributed by atoms with Crippen molar-refractivity contribution in [2.24, 2.45) is 0 Å². The average Bonchev–Trinajstić information content (AvgIpc) is 2.32. The largest absolute Gasteiger partial charge is 0.478 e. The molecule has 3 N–H and O–H groups in total. The van der Waals surface area contributed by atoms with E-state index >= 15 is 0 Å². The van der Waals surface area contributed by atoms with Crippen molar-refractivity contribution in [3.8, 4) is 0 Å². The van der Waals surface area contributed by atoms with E-state index in [0.717, 1.165) is 19.3 Å². The van der Waals surface area contributed by atoms with Gasteiger partial charge in [0.15, 0.2) is 0 Å². The Hall–Kier alpha value is -1.85. The number of aliphatic carboxylic acids is 1. The zero-order chi connectivity index (χ0) is 14.1. The molecule has 0 radical (unpaired) electrons. The standard InChI is InChI=1S/C12H20N2O4/c1-4-5-6-7-13-12(18)14-10(15)8(2)9(3)11(16)17/h4-7H2,1-3H3,(H,16,17)(H2,13,14,15,18). The molecule has 0 atom stereocenters. The van der Waals surface area contributed by atoms with Gasteiger partial charge < -0.3 is 10.4 Å². The van der Waals surface area contributed by atoms with Crippen molar-refractivity contribution in [1.82, 2.24) is 10.6 Å². The van der Waals surface area contributed by atoms with Gasteiger partial charge >= 0.3 is 12.0 Å². The Morgan fingerprint density at radius 3 is 2.17 bits per heavy atom. The maximum absolute atomic E-state index is 11.5. The molecule has 0 aliphatic rings. The number of unbranched alkanes of at least 4 members (excludes halogenated alkanes) is 2. The van der Waals surface area contributed by atoms with E-state index in [4.69, 9.17) is 5.11 Å². The van der Waals surface area contributed by atoms with Gasteiger partial charge in [0.25, 0.3) is 5.91 Å². The summed E-state index contributed by atoms with van der Waals surface area (Å²) in [5.41, 5.74) is -0.0579. The first-order valence-electron chi connectivity index (χ1n) is 5.90. The first-order valence-corrected chi connectivity index (χ1v) is 5.90. The number of hydrogen-bond donors (Lipinski definition) is 3. The van der Waals surface area contributed by atoms with Crippen LogP contribution in [0.4, 0.5) is 4.79 Å². The van der Waals surface area contributed by atoms with Gasteiger partial charge in [-0.05, 0) is 20.3 Å². The highest BCUT2D eigenvalue weighted by Gasteiger charge is 2.14. The van der Waals surface area contributed by atoms with Gasteiger partial charge in [-0.25, -0.2) is 9.59 Å². The predicted octanol–water partition coefficient (Wildman–Crippen LogP) is 1.42. The van der Waals surface area contributed by atoms with Crippen LogP contribution in [0.25, 0.3) is 0 Å². The summed E-state index contributed by atoms with van der Waals surface area (Å²) in [6.45, 7) is 5.22. The van der Waals surface area contributed by atoms with Crippen molar-refractivity contribution >= 4 is 17.9 Å². The summed E-state index contributed by atoms with van der Waals surface area (Å²) in [7, 11) is 0. The lowest BCUT2D eigenvalue weighted by molar-refractivity contribution is -0.133. The van der Waals surface area contributed by atoms with Crippen molar-refractivity contribution in [3.05, 3.63) is 11.1 Å². The van der Waals surface area contributed by atoms with E-state index in [0.29, 0.717) is 6.54 Å². The van der Waals surface area contributed by atoms with Crippen LogP contribution in [0.2, 0.25) is 0 Å². The second-order valence-corrected chi connectivity index (χ2v) is 3.97. The highest BCUT2D eigenvalue weighted by Crippen LogP contribution is 2.03. The Kier molecular flexibility index (Phi) is 7.42. The van der Waals surface area contributed by atoms with Crippen LogP contribution < -0.4 is 10.6 Å². The maximum atomic E-state index is 11.5. The molecule has 0 aliphatic heterocycles. The van der Waals surface area contributed by atoms with Gasteiger partial charge in [-0.3, -0.25) is 10.1 Å². The van der Waals surface area contributed by atoms with Gasteiger partial charge in [-0.2, -0.15) is 0 Å². The van der Waals surface area contributed by atoms with Gasteiger partial charge in [-0.1, -0.05) is 19.8 Å². The highest BCUT2D eigenvalue weighted by molar-refractivity contribution is 6.07. The second-order valence-electron chi connectivity index (χ2n) is 3.97. The van der Waals surface area contributed by atoms with Gasteiger partial charge in [0.05, 0.1) is 0 Å². The lowest BCUT2D eigenvalue weighted by Crippen LogP contribution is -2.40. The van der Waals surface area contributed by atoms with Crippen LogP contribution in [0.15, 0.2) is 11.1 Å². The van der Waals surface area contributed by atoms with Crippen LogP contribution in [0.1, 0.15) is 40.0 Å². The van der Waals surface area contributed by atoms with Crippen LogP contribution in [0.3, 0.4) is 0 Å². The van der Waals surface area contributed by atoms with Crippen LogP contribution >= 0.6 is 0 Å². The summed E-state index contributed by atoms with van der Waals surface area (Å²) in [5.74, 6) is -1.87. The zero-order valence-corrected chi connectivity index (χ0v) is 11.0. The number of carboxylic acid groups (broad SMARTS) is 1. The Labute approximate surface area is 106 Å². The Morgan fingerprint density at radius 2 is 1.67 bits per heavy atom. The van der Waals surface area contributed by atoms with Crippen molar-refractivity contribution in [2.75, 3.05) is 6.54 Å². The summed E-state index contributed by atoms with van der Waals surface area (Å²) in [4.78, 5) is 33.4. The lowest BCUT2D eigenvalue weighted by Gasteiger charge is -2.07. The van der Waals surface area contributed by atoms with E-state index in [2.05, 4.69) is 10.6 Å². The fourth-order valence-corrected chi connectivity index (χ4v) is 1.15. The number of carbonyl (C=O) groups is 3. The number of nitrogens with one attached hydrogen (secondary N) is 2. The average molecular weight is 256 g/mol. The van der Waals surface area contributed by atoms with E-state index in [1.54, 1.807) is 0 Å². The molecule has 0 aromatic rings. The monoisotopic (exact) mass is 256 g/mol. The van der Waals surface area contributed by atoms with Crippen molar-refractivity contribution in [3.63, 3.8) is 0 Å². The van der Waals surface area contributed by atoms with Crippen molar-refractivity contribution in [1.29, 1.82) is 0 Å². The smallest absolute Gasteiger partial charge is 0.331 e. The van der Waals surface area contributed by atoms with Gasteiger partial charge in [0.2, 0.25) is 0 Å². The molecule has 0 aromatic heterocycles. The van der Waals surface area contributed by atoms with E-state index in [-0.39, 0.29) is 11.1 Å². The number of urea groups is 1. The molecule has 6 heteroatoms. The molecule has 0 aliphatic carbocycles. The molecule has 6 nitrogen and oxygen atoms in total. The zero-order valence-electron chi connectivity index (χ0n) is 11.0. The van der Waals surface area contributed by atoms with E-state index < -0.39 is 17.9 Å². The summed E-state index contributed by atoms with van der Waals surface area (Å²) < 4.78 is 0. The third-order valence-electron chi connectivity index (χ3n) is 2.52. The minimum Gasteiger partial charge on any atom is -0.478 e. The van der Waals surface area contributed by atoms with Gasteiger partial charge in [-0.15, -0.1) is 0 Å². The van der Waals surface area contributed by atoms with Gasteiger partial charge in [0.1, 0.15) is 0 Å². The van der Waals surface area contributed by atoms with E-state index in [9.17, 15) is 14.4 Å². The van der Waals surface area contributed by atoms with Crippen molar-refractivity contribution < 1.29 is 19.5 Å². The van der Waals surface area contributed by atoms with Crippen LogP contribution in [0.5, 0.6) is 0 Å². The lowest BCUT2D eigenvalue weighted by atomic mass is 10.1. The normalized spacial score (nSPS) is 11.5. The molecule has 18 heavy (non-hydrogen) atoms. The minimum absolute atomic E-state index is 0.0196. The molecule has 0 heterocycles. The fourth-order valence-electron chi connectivity index (χ4n) is 1.15. The number of amides is 3. The summed E-state index contributed by atoms with van der Waals surface area (Å²) >= 11 is 0. The second kappa shape index (κ2) is 8.27. The molecular formula is C12H20N2O4. The highest BCUT2D eigenvalue weighted by atomic mass is 16.4. The topological polar surface area (TPSA) is 95.5 Å². The molecular weight excluding hydrogens is 236 g/mol. The first-order chi connectivity index (χ1) is 8.40. The quantitative estimate of drug-likeness (QED) is 0.494. The third-order valence-corrected chi connectivity index (χ3v) is 2.52. The Bertz CT molecular complexity index is 361. The molecule has 0 saturated carbocycles. The molecule has 0 unspecified atom stereocenters. The first kappa shape index (κ1) is 16.1. The molecule has 0 saturated heterocycles. The summed E-state index contributed by atoms with van der Waals surface area (Å²) in [6.07, 6.45) is 2.90. The summed E-state index contributed by atoms with van der Waals surface area (Å²) in [6, 6.07) is -0.603. The SMILES string of the molecule is CCCCCNC(=O)NC(=O)C(C)=C(C)C(=O)O. The molecule has 102 valence electrons. The van der Waals surface area contributed by atoms with Gasteiger partial charge in [0, 0.05) is 17.7 Å². The Morgan fingerprint density at radius 1 is 1.06 bits per heavy atom.